The molecule has 0 bridgehead atoms. The van der Waals surface area contributed by atoms with E-state index >= 15 is 0 Å². The van der Waals surface area contributed by atoms with Crippen molar-refractivity contribution in [3.05, 3.63) is 46.7 Å². The first-order valence-electron chi connectivity index (χ1n) is 7.19. The van der Waals surface area contributed by atoms with Crippen LogP contribution in [-0.2, 0) is 9.59 Å². The van der Waals surface area contributed by atoms with Crippen LogP contribution in [0.1, 0.15) is 11.4 Å². The number of halogens is 1. The Morgan fingerprint density at radius 2 is 1.71 bits per heavy atom. The van der Waals surface area contributed by atoms with E-state index < -0.39 is 0 Å². The zero-order valence-corrected chi connectivity index (χ0v) is 14.9. The zero-order valence-electron chi connectivity index (χ0n) is 13.3. The fourth-order valence-electron chi connectivity index (χ4n) is 1.86. The number of aryl methyl sites for hydroxylation is 2. The van der Waals surface area contributed by atoms with E-state index in [4.69, 9.17) is 11.6 Å². The third kappa shape index (κ3) is 6.17. The Morgan fingerprint density at radius 3 is 2.33 bits per heavy atom. The average molecular weight is 365 g/mol. The number of carbonyl (C=O) groups is 2. The van der Waals surface area contributed by atoms with E-state index in [-0.39, 0.29) is 24.1 Å². The standard InChI is InChI=1S/C16H17ClN4O2S/c1-10-7-11(2)20-16(19-10)24-9-15(23)18-8-14(22)21-13-5-3-12(17)4-6-13/h3-7H,8-9H2,1-2H3,(H,18,23)(H,21,22). The maximum atomic E-state index is 11.8. The molecule has 0 atom stereocenters. The predicted octanol–water partition coefficient (Wildman–Crippen LogP) is 2.59. The molecule has 126 valence electrons. The molecule has 24 heavy (non-hydrogen) atoms. The van der Waals surface area contributed by atoms with Crippen LogP contribution in [0.3, 0.4) is 0 Å². The molecule has 8 heteroatoms. The van der Waals surface area contributed by atoms with Crippen molar-refractivity contribution in [3.63, 3.8) is 0 Å². The minimum atomic E-state index is -0.307. The molecule has 0 fully saturated rings. The van der Waals surface area contributed by atoms with Crippen molar-refractivity contribution in [2.24, 2.45) is 0 Å². The van der Waals surface area contributed by atoms with E-state index in [1.165, 1.54) is 11.8 Å². The molecule has 0 unspecified atom stereocenters. The molecule has 1 aromatic heterocycles. The first-order valence-corrected chi connectivity index (χ1v) is 8.56. The minimum absolute atomic E-state index is 0.101. The lowest BCUT2D eigenvalue weighted by Gasteiger charge is -2.07. The number of nitrogens with one attached hydrogen (secondary N) is 2. The van der Waals surface area contributed by atoms with Crippen molar-refractivity contribution < 1.29 is 9.59 Å². The lowest BCUT2D eigenvalue weighted by Crippen LogP contribution is -2.33. The number of aromatic nitrogens is 2. The molecule has 1 aromatic carbocycles. The summed E-state index contributed by atoms with van der Waals surface area (Å²) < 4.78 is 0. The van der Waals surface area contributed by atoms with Gasteiger partial charge in [0.1, 0.15) is 0 Å². The molecule has 0 saturated carbocycles. The van der Waals surface area contributed by atoms with Crippen molar-refractivity contribution >= 4 is 40.9 Å². The number of anilines is 1. The van der Waals surface area contributed by atoms with Crippen molar-refractivity contribution in [1.82, 2.24) is 15.3 Å². The van der Waals surface area contributed by atoms with Crippen LogP contribution in [-0.4, -0.2) is 34.1 Å². The predicted molar refractivity (Wildman–Crippen MR) is 95.3 cm³/mol. The quantitative estimate of drug-likeness (QED) is 0.608. The molecule has 0 spiro atoms. The highest BCUT2D eigenvalue weighted by molar-refractivity contribution is 7.99. The number of hydrogen-bond acceptors (Lipinski definition) is 5. The van der Waals surface area contributed by atoms with Crippen molar-refractivity contribution in [2.75, 3.05) is 17.6 Å². The second-order valence-electron chi connectivity index (χ2n) is 5.05. The third-order valence-electron chi connectivity index (χ3n) is 2.87. The Hall–Kier alpha value is -2.12. The summed E-state index contributed by atoms with van der Waals surface area (Å²) >= 11 is 7.01. The molecule has 2 amide bonds. The molecule has 0 aliphatic carbocycles. The van der Waals surface area contributed by atoms with Crippen LogP contribution in [0.4, 0.5) is 5.69 Å². The largest absolute Gasteiger partial charge is 0.346 e. The van der Waals surface area contributed by atoms with Gasteiger partial charge in [-0.05, 0) is 44.2 Å². The first kappa shape index (κ1) is 18.2. The molecule has 6 nitrogen and oxygen atoms in total. The molecule has 2 rings (SSSR count). The van der Waals surface area contributed by atoms with Crippen molar-refractivity contribution in [2.45, 2.75) is 19.0 Å². The summed E-state index contributed by atoms with van der Waals surface area (Å²) in [5.41, 5.74) is 2.33. The van der Waals surface area contributed by atoms with Crippen LogP contribution < -0.4 is 10.6 Å². The van der Waals surface area contributed by atoms with Gasteiger partial charge in [-0.25, -0.2) is 9.97 Å². The molecule has 0 aliphatic heterocycles. The Balaban J connectivity index is 1.74. The molecular formula is C16H17ClN4O2S. The van der Waals surface area contributed by atoms with Gasteiger partial charge in [0, 0.05) is 22.1 Å². The van der Waals surface area contributed by atoms with Crippen molar-refractivity contribution in [3.8, 4) is 0 Å². The van der Waals surface area contributed by atoms with Gasteiger partial charge in [-0.3, -0.25) is 9.59 Å². The lowest BCUT2D eigenvalue weighted by molar-refractivity contribution is -0.122. The lowest BCUT2D eigenvalue weighted by atomic mass is 10.3. The van der Waals surface area contributed by atoms with E-state index in [1.54, 1.807) is 24.3 Å². The zero-order chi connectivity index (χ0) is 17.5. The van der Waals surface area contributed by atoms with Crippen LogP contribution in [0.5, 0.6) is 0 Å². The number of amides is 2. The van der Waals surface area contributed by atoms with Gasteiger partial charge in [-0.15, -0.1) is 0 Å². The topological polar surface area (TPSA) is 84.0 Å². The summed E-state index contributed by atoms with van der Waals surface area (Å²) in [6.45, 7) is 3.65. The summed E-state index contributed by atoms with van der Waals surface area (Å²) in [6, 6.07) is 8.60. The first-order chi connectivity index (χ1) is 11.4. The number of rotatable bonds is 6. The van der Waals surface area contributed by atoms with Gasteiger partial charge in [-0.2, -0.15) is 0 Å². The summed E-state index contributed by atoms with van der Waals surface area (Å²) in [5.74, 6) is -0.413. The molecule has 0 saturated heterocycles. The van der Waals surface area contributed by atoms with E-state index in [0.29, 0.717) is 15.9 Å². The van der Waals surface area contributed by atoms with Crippen LogP contribution in [0, 0.1) is 13.8 Å². The van der Waals surface area contributed by atoms with Gasteiger partial charge in [0.25, 0.3) is 0 Å². The molecule has 2 aromatic rings. The van der Waals surface area contributed by atoms with E-state index in [1.807, 2.05) is 19.9 Å². The Labute approximate surface area is 149 Å². The highest BCUT2D eigenvalue weighted by Gasteiger charge is 2.08. The second kappa shape index (κ2) is 8.65. The highest BCUT2D eigenvalue weighted by atomic mass is 35.5. The summed E-state index contributed by atoms with van der Waals surface area (Å²) in [4.78, 5) is 32.1. The van der Waals surface area contributed by atoms with Gasteiger partial charge < -0.3 is 10.6 Å². The van der Waals surface area contributed by atoms with Gasteiger partial charge >= 0.3 is 0 Å². The molecule has 2 N–H and O–H groups in total. The number of hydrogen-bond donors (Lipinski definition) is 2. The summed E-state index contributed by atoms with van der Waals surface area (Å²) in [5, 5.41) is 6.37. The average Bonchev–Trinajstić information content (AvgIpc) is 2.52. The monoisotopic (exact) mass is 364 g/mol. The molecule has 0 aliphatic rings. The van der Waals surface area contributed by atoms with Crippen LogP contribution in [0.25, 0.3) is 0 Å². The van der Waals surface area contributed by atoms with Crippen molar-refractivity contribution in [1.29, 1.82) is 0 Å². The Morgan fingerprint density at radius 1 is 1.08 bits per heavy atom. The second-order valence-corrected chi connectivity index (χ2v) is 6.43. The van der Waals surface area contributed by atoms with Gasteiger partial charge in [-0.1, -0.05) is 23.4 Å². The van der Waals surface area contributed by atoms with Gasteiger partial charge in [0.05, 0.1) is 12.3 Å². The Bertz CT molecular complexity index is 717. The molecule has 0 radical (unpaired) electrons. The molecular weight excluding hydrogens is 348 g/mol. The SMILES string of the molecule is Cc1cc(C)nc(SCC(=O)NCC(=O)Nc2ccc(Cl)cc2)n1. The van der Waals surface area contributed by atoms with E-state index in [0.717, 1.165) is 11.4 Å². The van der Waals surface area contributed by atoms with Crippen LogP contribution >= 0.6 is 23.4 Å². The Kier molecular flexibility index (Phi) is 6.57. The maximum absolute atomic E-state index is 11.8. The summed E-state index contributed by atoms with van der Waals surface area (Å²) in [6.07, 6.45) is 0. The van der Waals surface area contributed by atoms with Gasteiger partial charge in [0.15, 0.2) is 5.16 Å². The number of carbonyl (C=O) groups excluding carboxylic acids is 2. The molecule has 1 heterocycles. The maximum Gasteiger partial charge on any atom is 0.243 e. The van der Waals surface area contributed by atoms with Gasteiger partial charge in [0.2, 0.25) is 11.8 Å². The summed E-state index contributed by atoms with van der Waals surface area (Å²) in [7, 11) is 0. The highest BCUT2D eigenvalue weighted by Crippen LogP contribution is 2.14. The third-order valence-corrected chi connectivity index (χ3v) is 3.97. The normalized spacial score (nSPS) is 10.3. The number of thioether (sulfide) groups is 1. The van der Waals surface area contributed by atoms with Crippen LogP contribution in [0.15, 0.2) is 35.5 Å². The number of benzene rings is 1. The smallest absolute Gasteiger partial charge is 0.243 e. The fraction of sp³-hybridized carbons (Fsp3) is 0.250. The van der Waals surface area contributed by atoms with Crippen LogP contribution in [0.2, 0.25) is 5.02 Å². The fourth-order valence-corrected chi connectivity index (χ4v) is 2.76. The van der Waals surface area contributed by atoms with E-state index in [9.17, 15) is 9.59 Å². The number of nitrogens with zero attached hydrogens (tertiary/aromatic N) is 2. The minimum Gasteiger partial charge on any atom is -0.346 e. The van der Waals surface area contributed by atoms with E-state index in [2.05, 4.69) is 20.6 Å².